The molecule has 0 radical (unpaired) electrons. The monoisotopic (exact) mass is 255 g/mol. The molecule has 1 N–H and O–H groups in total. The lowest BCUT2D eigenvalue weighted by Gasteiger charge is -2.28. The van der Waals surface area contributed by atoms with Crippen LogP contribution >= 0.6 is 0 Å². The molecule has 2 aliphatic heterocycles. The number of carbonyl (C=O) groups excluding carboxylic acids is 2. The van der Waals surface area contributed by atoms with Crippen LogP contribution in [0.3, 0.4) is 0 Å². The summed E-state index contributed by atoms with van der Waals surface area (Å²) in [5.41, 5.74) is 0. The molecule has 1 atom stereocenters. The van der Waals surface area contributed by atoms with E-state index in [-0.39, 0.29) is 17.8 Å². The highest BCUT2D eigenvalue weighted by Crippen LogP contribution is 2.17. The number of amides is 1. The number of esters is 1. The zero-order valence-corrected chi connectivity index (χ0v) is 10.9. The van der Waals surface area contributed by atoms with E-state index >= 15 is 0 Å². The number of rotatable bonds is 3. The maximum Gasteiger partial charge on any atom is 0.310 e. The Morgan fingerprint density at radius 3 is 2.67 bits per heavy atom. The summed E-state index contributed by atoms with van der Waals surface area (Å²) in [6.45, 7) is 5.37. The van der Waals surface area contributed by atoms with Gasteiger partial charge < -0.3 is 15.0 Å². The lowest BCUT2D eigenvalue weighted by Crippen LogP contribution is -2.48. The third-order valence-electron chi connectivity index (χ3n) is 3.64. The summed E-state index contributed by atoms with van der Waals surface area (Å²) in [7, 11) is 1.40. The largest absolute Gasteiger partial charge is 0.469 e. The first-order valence-electron chi connectivity index (χ1n) is 6.49. The van der Waals surface area contributed by atoms with Gasteiger partial charge in [0.05, 0.1) is 19.6 Å². The van der Waals surface area contributed by atoms with Crippen LogP contribution in [0, 0.1) is 5.92 Å². The minimum Gasteiger partial charge on any atom is -0.469 e. The highest BCUT2D eigenvalue weighted by Gasteiger charge is 2.32. The van der Waals surface area contributed by atoms with Gasteiger partial charge in [-0.05, 0) is 6.42 Å². The molecule has 0 aromatic heterocycles. The van der Waals surface area contributed by atoms with Crippen molar-refractivity contribution in [2.75, 3.05) is 52.9 Å². The molecular weight excluding hydrogens is 234 g/mol. The minimum absolute atomic E-state index is 0.128. The summed E-state index contributed by atoms with van der Waals surface area (Å²) < 4.78 is 4.72. The van der Waals surface area contributed by atoms with Crippen molar-refractivity contribution in [2.24, 2.45) is 5.92 Å². The number of hydrogen-bond donors (Lipinski definition) is 1. The Kier molecular flexibility index (Phi) is 4.54. The average Bonchev–Trinajstić information content (AvgIpc) is 2.88. The number of nitrogens with one attached hydrogen (secondary N) is 1. The van der Waals surface area contributed by atoms with E-state index in [1.54, 1.807) is 4.90 Å². The van der Waals surface area contributed by atoms with E-state index in [1.165, 1.54) is 7.11 Å². The van der Waals surface area contributed by atoms with Crippen molar-refractivity contribution in [1.82, 2.24) is 15.1 Å². The van der Waals surface area contributed by atoms with Crippen LogP contribution in [0.25, 0.3) is 0 Å². The van der Waals surface area contributed by atoms with Gasteiger partial charge in [-0.1, -0.05) is 0 Å². The Hall–Kier alpha value is -1.14. The first-order valence-corrected chi connectivity index (χ1v) is 6.49. The first-order chi connectivity index (χ1) is 8.70. The van der Waals surface area contributed by atoms with Gasteiger partial charge >= 0.3 is 5.97 Å². The SMILES string of the molecule is COC(=O)C1CCN(C(=O)CN2CCNCC2)C1. The van der Waals surface area contributed by atoms with Crippen LogP contribution < -0.4 is 5.32 Å². The molecule has 0 bridgehead atoms. The number of nitrogens with zero attached hydrogens (tertiary/aromatic N) is 2. The van der Waals surface area contributed by atoms with Gasteiger partial charge in [0.2, 0.25) is 5.91 Å². The zero-order chi connectivity index (χ0) is 13.0. The summed E-state index contributed by atoms with van der Waals surface area (Å²) in [5.74, 6) is -0.210. The second-order valence-corrected chi connectivity index (χ2v) is 4.87. The van der Waals surface area contributed by atoms with Crippen molar-refractivity contribution in [3.63, 3.8) is 0 Å². The lowest BCUT2D eigenvalue weighted by atomic mass is 10.1. The van der Waals surface area contributed by atoms with Crippen LogP contribution in [0.1, 0.15) is 6.42 Å². The molecule has 0 saturated carbocycles. The van der Waals surface area contributed by atoms with Crippen LogP contribution in [0.15, 0.2) is 0 Å². The lowest BCUT2D eigenvalue weighted by molar-refractivity contribution is -0.145. The molecule has 6 heteroatoms. The van der Waals surface area contributed by atoms with Crippen molar-refractivity contribution in [3.8, 4) is 0 Å². The Labute approximate surface area is 107 Å². The quantitative estimate of drug-likeness (QED) is 0.650. The normalized spacial score (nSPS) is 25.2. The van der Waals surface area contributed by atoms with Gasteiger partial charge in [-0.25, -0.2) is 0 Å². The molecule has 18 heavy (non-hydrogen) atoms. The Balaban J connectivity index is 1.78. The summed E-state index contributed by atoms with van der Waals surface area (Å²) >= 11 is 0. The maximum atomic E-state index is 12.1. The van der Waals surface area contributed by atoms with Crippen molar-refractivity contribution in [3.05, 3.63) is 0 Å². The highest BCUT2D eigenvalue weighted by atomic mass is 16.5. The van der Waals surface area contributed by atoms with E-state index in [1.807, 2.05) is 0 Å². The molecule has 0 spiro atoms. The van der Waals surface area contributed by atoms with E-state index in [4.69, 9.17) is 4.74 Å². The number of methoxy groups -OCH3 is 1. The molecule has 1 amide bonds. The topological polar surface area (TPSA) is 61.9 Å². The second kappa shape index (κ2) is 6.15. The second-order valence-electron chi connectivity index (χ2n) is 4.87. The van der Waals surface area contributed by atoms with E-state index < -0.39 is 0 Å². The summed E-state index contributed by atoms with van der Waals surface area (Å²) in [6.07, 6.45) is 0.722. The number of ether oxygens (including phenoxy) is 1. The fourth-order valence-electron chi connectivity index (χ4n) is 2.51. The molecule has 0 aliphatic carbocycles. The van der Waals surface area contributed by atoms with Crippen LogP contribution in [-0.4, -0.2) is 74.6 Å². The molecular formula is C12H21N3O3. The van der Waals surface area contributed by atoms with Crippen LogP contribution in [0.4, 0.5) is 0 Å². The molecule has 1 unspecified atom stereocenters. The molecule has 0 aromatic rings. The van der Waals surface area contributed by atoms with Gasteiger partial charge in [0.15, 0.2) is 0 Å². The zero-order valence-electron chi connectivity index (χ0n) is 10.9. The third kappa shape index (κ3) is 3.20. The fourth-order valence-corrected chi connectivity index (χ4v) is 2.51. The van der Waals surface area contributed by atoms with Crippen LogP contribution in [-0.2, 0) is 14.3 Å². The van der Waals surface area contributed by atoms with Gasteiger partial charge in [-0.3, -0.25) is 14.5 Å². The minimum atomic E-state index is -0.201. The van der Waals surface area contributed by atoms with E-state index in [0.717, 1.165) is 32.6 Å². The highest BCUT2D eigenvalue weighted by molar-refractivity contribution is 5.80. The number of piperazine rings is 1. The van der Waals surface area contributed by atoms with Crippen LogP contribution in [0.5, 0.6) is 0 Å². The molecule has 2 aliphatic rings. The Morgan fingerprint density at radius 2 is 2.00 bits per heavy atom. The third-order valence-corrected chi connectivity index (χ3v) is 3.64. The van der Waals surface area contributed by atoms with Crippen LogP contribution in [0.2, 0.25) is 0 Å². The predicted molar refractivity (Wildman–Crippen MR) is 66.0 cm³/mol. The van der Waals surface area contributed by atoms with Crippen molar-refractivity contribution in [2.45, 2.75) is 6.42 Å². The molecule has 2 rings (SSSR count). The predicted octanol–water partition coefficient (Wildman–Crippen LogP) is -1.09. The Bertz CT molecular complexity index is 316. The summed E-state index contributed by atoms with van der Waals surface area (Å²) in [6, 6.07) is 0. The summed E-state index contributed by atoms with van der Waals surface area (Å²) in [4.78, 5) is 27.4. The van der Waals surface area contributed by atoms with Gasteiger partial charge in [-0.2, -0.15) is 0 Å². The van der Waals surface area contributed by atoms with E-state index in [9.17, 15) is 9.59 Å². The van der Waals surface area contributed by atoms with Gasteiger partial charge in [0.25, 0.3) is 0 Å². The molecule has 0 aromatic carbocycles. The molecule has 6 nitrogen and oxygen atoms in total. The van der Waals surface area contributed by atoms with Crippen molar-refractivity contribution in [1.29, 1.82) is 0 Å². The number of hydrogen-bond acceptors (Lipinski definition) is 5. The molecule has 2 heterocycles. The van der Waals surface area contributed by atoms with E-state index in [0.29, 0.717) is 19.6 Å². The van der Waals surface area contributed by atoms with Gasteiger partial charge in [0.1, 0.15) is 0 Å². The summed E-state index contributed by atoms with van der Waals surface area (Å²) in [5, 5.41) is 3.26. The standard InChI is InChI=1S/C12H21N3O3/c1-18-12(17)10-2-5-15(8-10)11(16)9-14-6-3-13-4-7-14/h10,13H,2-9H2,1H3. The number of carbonyl (C=O) groups is 2. The molecule has 102 valence electrons. The Morgan fingerprint density at radius 1 is 1.28 bits per heavy atom. The maximum absolute atomic E-state index is 12.1. The van der Waals surface area contributed by atoms with Crippen molar-refractivity contribution < 1.29 is 14.3 Å². The van der Waals surface area contributed by atoms with Gasteiger partial charge in [-0.15, -0.1) is 0 Å². The van der Waals surface area contributed by atoms with Gasteiger partial charge in [0, 0.05) is 39.3 Å². The van der Waals surface area contributed by atoms with Crippen molar-refractivity contribution >= 4 is 11.9 Å². The molecule has 2 saturated heterocycles. The average molecular weight is 255 g/mol. The fraction of sp³-hybridized carbons (Fsp3) is 0.833. The number of likely N-dealkylation sites (tertiary alicyclic amines) is 1. The first kappa shape index (κ1) is 13.3. The molecule has 2 fully saturated rings. The smallest absolute Gasteiger partial charge is 0.310 e. The van der Waals surface area contributed by atoms with E-state index in [2.05, 4.69) is 10.2 Å².